The maximum Gasteiger partial charge on any atom is 0.146 e. The van der Waals surface area contributed by atoms with Crippen LogP contribution in [0.4, 0.5) is 0 Å². The molecule has 3 heteroatoms. The van der Waals surface area contributed by atoms with E-state index in [9.17, 15) is 4.79 Å². The van der Waals surface area contributed by atoms with Crippen molar-refractivity contribution in [3.05, 3.63) is 0 Å². The van der Waals surface area contributed by atoms with Crippen molar-refractivity contribution in [3.8, 4) is 0 Å². The highest BCUT2D eigenvalue weighted by molar-refractivity contribution is 5.80. The molecule has 0 amide bonds. The minimum Gasteiger partial charge on any atom is -0.298 e. The first-order valence-electron chi connectivity index (χ1n) is 5.40. The molecule has 82 valence electrons. The first-order chi connectivity index (χ1) is 6.43. The Labute approximate surface area is 87.1 Å². The monoisotopic (exact) mass is 198 g/mol. The number of hydrogen-bond donors (Lipinski definition) is 0. The van der Waals surface area contributed by atoms with E-state index in [0.717, 1.165) is 13.1 Å². The van der Waals surface area contributed by atoms with E-state index >= 15 is 0 Å². The SMILES string of the molecule is CC(=O)C(C)N1CC(C)N(C)C(C)C1. The Kier molecular flexibility index (Phi) is 3.67. The molecule has 0 bridgehead atoms. The number of ketones is 1. The molecule has 1 rings (SSSR count). The summed E-state index contributed by atoms with van der Waals surface area (Å²) in [6.07, 6.45) is 0. The second-order valence-corrected chi connectivity index (χ2v) is 4.60. The van der Waals surface area contributed by atoms with Crippen LogP contribution in [0.15, 0.2) is 0 Å². The quantitative estimate of drug-likeness (QED) is 0.661. The van der Waals surface area contributed by atoms with Crippen LogP contribution in [0.3, 0.4) is 0 Å². The summed E-state index contributed by atoms with van der Waals surface area (Å²) in [6.45, 7) is 10.1. The van der Waals surface area contributed by atoms with E-state index in [2.05, 4.69) is 30.7 Å². The summed E-state index contributed by atoms with van der Waals surface area (Å²) in [5.41, 5.74) is 0. The summed E-state index contributed by atoms with van der Waals surface area (Å²) in [7, 11) is 2.16. The van der Waals surface area contributed by atoms with Gasteiger partial charge in [0.05, 0.1) is 6.04 Å². The van der Waals surface area contributed by atoms with Crippen LogP contribution in [0.1, 0.15) is 27.7 Å². The fraction of sp³-hybridized carbons (Fsp3) is 0.909. The number of carbonyl (C=O) groups is 1. The fourth-order valence-electron chi connectivity index (χ4n) is 2.02. The molecule has 1 aliphatic rings. The molecule has 0 aromatic carbocycles. The minimum atomic E-state index is 0.0774. The van der Waals surface area contributed by atoms with Crippen molar-refractivity contribution in [1.29, 1.82) is 0 Å². The van der Waals surface area contributed by atoms with Crippen LogP contribution in [0.25, 0.3) is 0 Å². The normalized spacial score (nSPS) is 32.9. The Morgan fingerprint density at radius 3 is 2.07 bits per heavy atom. The van der Waals surface area contributed by atoms with Crippen molar-refractivity contribution in [1.82, 2.24) is 9.80 Å². The van der Waals surface area contributed by atoms with Gasteiger partial charge < -0.3 is 0 Å². The van der Waals surface area contributed by atoms with Gasteiger partial charge in [-0.3, -0.25) is 14.6 Å². The van der Waals surface area contributed by atoms with Crippen molar-refractivity contribution in [2.24, 2.45) is 0 Å². The van der Waals surface area contributed by atoms with Crippen LogP contribution in [0, 0.1) is 0 Å². The van der Waals surface area contributed by atoms with Crippen molar-refractivity contribution in [2.45, 2.75) is 45.8 Å². The lowest BCUT2D eigenvalue weighted by atomic mass is 10.1. The van der Waals surface area contributed by atoms with Gasteiger partial charge in [0.15, 0.2) is 0 Å². The van der Waals surface area contributed by atoms with Gasteiger partial charge in [-0.05, 0) is 34.7 Å². The number of Topliss-reactive ketones (excluding diaryl/α,β-unsaturated/α-hetero) is 1. The van der Waals surface area contributed by atoms with Crippen molar-refractivity contribution < 1.29 is 4.79 Å². The number of carbonyl (C=O) groups excluding carboxylic acids is 1. The Hall–Kier alpha value is -0.410. The molecule has 0 aromatic heterocycles. The molecule has 1 heterocycles. The van der Waals surface area contributed by atoms with Gasteiger partial charge in [0.1, 0.15) is 5.78 Å². The number of likely N-dealkylation sites (N-methyl/N-ethyl adjacent to an activating group) is 1. The van der Waals surface area contributed by atoms with Crippen LogP contribution < -0.4 is 0 Å². The highest BCUT2D eigenvalue weighted by atomic mass is 16.1. The third kappa shape index (κ3) is 2.34. The molecule has 1 saturated heterocycles. The zero-order chi connectivity index (χ0) is 10.9. The topological polar surface area (TPSA) is 23.6 Å². The summed E-state index contributed by atoms with van der Waals surface area (Å²) >= 11 is 0. The van der Waals surface area contributed by atoms with Crippen molar-refractivity contribution >= 4 is 5.78 Å². The molecule has 0 N–H and O–H groups in total. The van der Waals surface area contributed by atoms with E-state index < -0.39 is 0 Å². The smallest absolute Gasteiger partial charge is 0.146 e. The van der Waals surface area contributed by atoms with Gasteiger partial charge in [-0.2, -0.15) is 0 Å². The zero-order valence-corrected chi connectivity index (χ0v) is 9.95. The standard InChI is InChI=1S/C11H22N2O/c1-8-6-13(10(3)11(4)14)7-9(2)12(8)5/h8-10H,6-7H2,1-5H3. The van der Waals surface area contributed by atoms with E-state index in [-0.39, 0.29) is 11.8 Å². The Balaban J connectivity index is 2.62. The molecular weight excluding hydrogens is 176 g/mol. The average Bonchev–Trinajstić information content (AvgIpc) is 2.12. The fourth-order valence-corrected chi connectivity index (χ4v) is 2.02. The molecule has 0 aromatic rings. The third-order valence-electron chi connectivity index (χ3n) is 3.52. The molecule has 3 unspecified atom stereocenters. The number of piperazine rings is 1. The maximum absolute atomic E-state index is 11.3. The third-order valence-corrected chi connectivity index (χ3v) is 3.52. The number of rotatable bonds is 2. The molecule has 0 aliphatic carbocycles. The van der Waals surface area contributed by atoms with Gasteiger partial charge in [-0.25, -0.2) is 0 Å². The molecule has 0 saturated carbocycles. The van der Waals surface area contributed by atoms with Gasteiger partial charge >= 0.3 is 0 Å². The van der Waals surface area contributed by atoms with Crippen LogP contribution in [0.2, 0.25) is 0 Å². The van der Waals surface area contributed by atoms with E-state index in [0.29, 0.717) is 12.1 Å². The van der Waals surface area contributed by atoms with Crippen molar-refractivity contribution in [2.75, 3.05) is 20.1 Å². The lowest BCUT2D eigenvalue weighted by Gasteiger charge is -2.44. The minimum absolute atomic E-state index is 0.0774. The summed E-state index contributed by atoms with van der Waals surface area (Å²) in [4.78, 5) is 16.0. The maximum atomic E-state index is 11.3. The molecule has 1 aliphatic heterocycles. The van der Waals surface area contributed by atoms with Gasteiger partial charge in [-0.15, -0.1) is 0 Å². The Morgan fingerprint density at radius 2 is 1.71 bits per heavy atom. The van der Waals surface area contributed by atoms with Gasteiger partial charge in [0.2, 0.25) is 0 Å². The molecule has 0 spiro atoms. The predicted molar refractivity (Wildman–Crippen MR) is 58.4 cm³/mol. The Morgan fingerprint density at radius 1 is 1.29 bits per heavy atom. The second-order valence-electron chi connectivity index (χ2n) is 4.60. The predicted octanol–water partition coefficient (Wildman–Crippen LogP) is 0.988. The van der Waals surface area contributed by atoms with Crippen molar-refractivity contribution in [3.63, 3.8) is 0 Å². The number of hydrogen-bond acceptors (Lipinski definition) is 3. The lowest BCUT2D eigenvalue weighted by molar-refractivity contribution is -0.123. The summed E-state index contributed by atoms with van der Waals surface area (Å²) in [5, 5.41) is 0. The van der Waals surface area contributed by atoms with E-state index in [1.165, 1.54) is 0 Å². The average molecular weight is 198 g/mol. The first kappa shape index (κ1) is 11.7. The van der Waals surface area contributed by atoms with E-state index in [4.69, 9.17) is 0 Å². The molecule has 3 nitrogen and oxygen atoms in total. The summed E-state index contributed by atoms with van der Waals surface area (Å²) in [6, 6.07) is 1.16. The largest absolute Gasteiger partial charge is 0.298 e. The van der Waals surface area contributed by atoms with Crippen LogP contribution in [-0.4, -0.2) is 53.8 Å². The first-order valence-corrected chi connectivity index (χ1v) is 5.40. The lowest BCUT2D eigenvalue weighted by Crippen LogP contribution is -2.58. The molecule has 14 heavy (non-hydrogen) atoms. The molecule has 0 radical (unpaired) electrons. The van der Waals surface area contributed by atoms with Gasteiger partial charge in [0, 0.05) is 25.2 Å². The molecule has 3 atom stereocenters. The van der Waals surface area contributed by atoms with Gasteiger partial charge in [-0.1, -0.05) is 0 Å². The number of nitrogens with zero attached hydrogens (tertiary/aromatic N) is 2. The van der Waals surface area contributed by atoms with Crippen LogP contribution in [-0.2, 0) is 4.79 Å². The Bertz CT molecular complexity index is 205. The van der Waals surface area contributed by atoms with E-state index in [1.54, 1.807) is 6.92 Å². The second kappa shape index (κ2) is 4.41. The summed E-state index contributed by atoms with van der Waals surface area (Å²) in [5.74, 6) is 0.272. The van der Waals surface area contributed by atoms with Crippen LogP contribution >= 0.6 is 0 Å². The van der Waals surface area contributed by atoms with Gasteiger partial charge in [0.25, 0.3) is 0 Å². The zero-order valence-electron chi connectivity index (χ0n) is 9.95. The summed E-state index contributed by atoms with van der Waals surface area (Å²) < 4.78 is 0. The molecular formula is C11H22N2O. The molecule has 1 fully saturated rings. The highest BCUT2D eigenvalue weighted by Gasteiger charge is 2.30. The van der Waals surface area contributed by atoms with Crippen LogP contribution in [0.5, 0.6) is 0 Å². The highest BCUT2D eigenvalue weighted by Crippen LogP contribution is 2.15. The van der Waals surface area contributed by atoms with E-state index in [1.807, 2.05) is 6.92 Å².